The molecule has 0 spiro atoms. The number of hydrogen-bond acceptors (Lipinski definition) is 4. The lowest BCUT2D eigenvalue weighted by Crippen LogP contribution is -2.52. The molecule has 114 valence electrons. The van der Waals surface area contributed by atoms with Crippen LogP contribution in [-0.2, 0) is 9.53 Å². The number of nitrogens with one attached hydrogen (secondary N) is 1. The molecule has 0 aliphatic carbocycles. The van der Waals surface area contributed by atoms with Gasteiger partial charge in [0.15, 0.2) is 0 Å². The third kappa shape index (κ3) is 10.8. The van der Waals surface area contributed by atoms with E-state index in [1.54, 1.807) is 6.92 Å². The Kier molecular flexibility index (Phi) is 7.36. The molecule has 4 nitrogen and oxygen atoms in total. The van der Waals surface area contributed by atoms with Crippen molar-refractivity contribution in [2.24, 2.45) is 0 Å². The average Bonchev–Trinajstić information content (AvgIpc) is 2.18. The van der Waals surface area contributed by atoms with Crippen LogP contribution < -0.4 is 5.32 Å². The van der Waals surface area contributed by atoms with Crippen LogP contribution in [0.2, 0.25) is 0 Å². The van der Waals surface area contributed by atoms with Crippen LogP contribution in [0.25, 0.3) is 0 Å². The van der Waals surface area contributed by atoms with E-state index in [-0.39, 0.29) is 11.6 Å². The summed E-state index contributed by atoms with van der Waals surface area (Å²) in [5.74, 6) is 0. The lowest BCUT2D eigenvalue weighted by Gasteiger charge is -2.34. The van der Waals surface area contributed by atoms with Gasteiger partial charge in [-0.05, 0) is 27.7 Å². The fraction of sp³-hybridized carbons (Fsp3) is 0.917. The minimum Gasteiger partial charge on any atom is -0.462 e. The number of ether oxygens (including phenoxy) is 1. The van der Waals surface area contributed by atoms with Crippen LogP contribution in [0.1, 0.15) is 27.7 Å². The van der Waals surface area contributed by atoms with Gasteiger partial charge in [0.05, 0.1) is 6.54 Å². The quantitative estimate of drug-likeness (QED) is 0.785. The number of halogens is 3. The van der Waals surface area contributed by atoms with Crippen LogP contribution in [0.15, 0.2) is 0 Å². The molecule has 1 aliphatic heterocycles. The average molecular weight is 284 g/mol. The van der Waals surface area contributed by atoms with Gasteiger partial charge >= 0.3 is 6.18 Å². The van der Waals surface area contributed by atoms with Crippen molar-refractivity contribution in [3.8, 4) is 0 Å². The Morgan fingerprint density at radius 1 is 1.37 bits per heavy atom. The SMILES string of the molecule is CC(C)(C)OC=O.C[C@H]1CNCCN1CC(F)(F)F. The van der Waals surface area contributed by atoms with Crippen LogP contribution >= 0.6 is 0 Å². The molecular formula is C12H23F3N2O2. The summed E-state index contributed by atoms with van der Waals surface area (Å²) in [5.41, 5.74) is -0.318. The van der Waals surface area contributed by atoms with Crippen molar-refractivity contribution in [2.45, 2.75) is 45.5 Å². The van der Waals surface area contributed by atoms with E-state index in [2.05, 4.69) is 10.1 Å². The van der Waals surface area contributed by atoms with Gasteiger partial charge in [-0.25, -0.2) is 0 Å². The maximum Gasteiger partial charge on any atom is 0.401 e. The summed E-state index contributed by atoms with van der Waals surface area (Å²) < 4.78 is 40.4. The molecule has 0 aromatic heterocycles. The number of carbonyl (C=O) groups is 1. The van der Waals surface area contributed by atoms with Crippen LogP contribution in [0.4, 0.5) is 13.2 Å². The predicted molar refractivity (Wildman–Crippen MR) is 66.9 cm³/mol. The summed E-state index contributed by atoms with van der Waals surface area (Å²) in [4.78, 5) is 11.1. The van der Waals surface area contributed by atoms with Gasteiger partial charge in [-0.1, -0.05) is 0 Å². The van der Waals surface area contributed by atoms with E-state index in [0.717, 1.165) is 0 Å². The van der Waals surface area contributed by atoms with E-state index in [9.17, 15) is 18.0 Å². The van der Waals surface area contributed by atoms with Crippen LogP contribution in [0.3, 0.4) is 0 Å². The van der Waals surface area contributed by atoms with Crippen molar-refractivity contribution < 1.29 is 22.7 Å². The molecule has 1 aliphatic rings. The fourth-order valence-corrected chi connectivity index (χ4v) is 1.49. The van der Waals surface area contributed by atoms with E-state index >= 15 is 0 Å². The molecule has 0 saturated carbocycles. The molecule has 0 aromatic rings. The summed E-state index contributed by atoms with van der Waals surface area (Å²) >= 11 is 0. The molecule has 0 amide bonds. The minimum atomic E-state index is -4.06. The normalized spacial score (nSPS) is 21.3. The van der Waals surface area contributed by atoms with Crippen molar-refractivity contribution in [1.29, 1.82) is 0 Å². The number of piperazine rings is 1. The molecule has 1 heterocycles. The van der Waals surface area contributed by atoms with Crippen molar-refractivity contribution >= 4 is 6.47 Å². The van der Waals surface area contributed by atoms with E-state index in [1.807, 2.05) is 20.8 Å². The molecule has 0 radical (unpaired) electrons. The summed E-state index contributed by atoms with van der Waals surface area (Å²) in [7, 11) is 0. The Hall–Kier alpha value is -0.820. The molecule has 7 heteroatoms. The minimum absolute atomic E-state index is 0.0135. The molecule has 1 N–H and O–H groups in total. The van der Waals surface area contributed by atoms with Gasteiger partial charge in [0, 0.05) is 25.7 Å². The number of hydrogen-bond donors (Lipinski definition) is 1. The van der Waals surface area contributed by atoms with Crippen molar-refractivity contribution in [2.75, 3.05) is 26.2 Å². The molecule has 0 aromatic carbocycles. The second kappa shape index (κ2) is 7.69. The summed E-state index contributed by atoms with van der Waals surface area (Å²) in [6.07, 6.45) is -4.06. The summed E-state index contributed by atoms with van der Waals surface area (Å²) in [5, 5.41) is 3.04. The van der Waals surface area contributed by atoms with Crippen LogP contribution in [0.5, 0.6) is 0 Å². The lowest BCUT2D eigenvalue weighted by atomic mass is 10.2. The monoisotopic (exact) mass is 284 g/mol. The molecule has 1 rings (SSSR count). The lowest BCUT2D eigenvalue weighted by molar-refractivity contribution is -0.151. The van der Waals surface area contributed by atoms with E-state index in [1.165, 1.54) is 4.90 Å². The van der Waals surface area contributed by atoms with Gasteiger partial charge in [-0.3, -0.25) is 9.69 Å². The van der Waals surface area contributed by atoms with Crippen LogP contribution in [-0.4, -0.2) is 55.4 Å². The Labute approximate surface area is 112 Å². The smallest absolute Gasteiger partial charge is 0.401 e. The second-order valence-electron chi connectivity index (χ2n) is 5.47. The van der Waals surface area contributed by atoms with Gasteiger partial charge in [0.2, 0.25) is 0 Å². The van der Waals surface area contributed by atoms with E-state index in [0.29, 0.717) is 26.1 Å². The molecule has 1 saturated heterocycles. The molecule has 1 atom stereocenters. The highest BCUT2D eigenvalue weighted by atomic mass is 19.4. The Bertz CT molecular complexity index is 265. The first-order chi connectivity index (χ1) is 8.55. The van der Waals surface area contributed by atoms with Crippen LogP contribution in [0, 0.1) is 0 Å². The van der Waals surface area contributed by atoms with Crippen molar-refractivity contribution in [3.05, 3.63) is 0 Å². The first-order valence-corrected chi connectivity index (χ1v) is 6.18. The summed E-state index contributed by atoms with van der Waals surface area (Å²) in [6.45, 7) is 8.73. The fourth-order valence-electron chi connectivity index (χ4n) is 1.49. The number of carbonyl (C=O) groups excluding carboxylic acids is 1. The third-order valence-electron chi connectivity index (χ3n) is 2.42. The summed E-state index contributed by atoms with van der Waals surface area (Å²) in [6, 6.07) is -0.0135. The first kappa shape index (κ1) is 18.2. The maximum absolute atomic E-state index is 12.0. The van der Waals surface area contributed by atoms with Gasteiger partial charge in [0.25, 0.3) is 6.47 Å². The highest BCUT2D eigenvalue weighted by Crippen LogP contribution is 2.18. The largest absolute Gasteiger partial charge is 0.462 e. The number of nitrogens with zero attached hydrogens (tertiary/aromatic N) is 1. The molecule has 0 unspecified atom stereocenters. The molecule has 0 bridgehead atoms. The van der Waals surface area contributed by atoms with Gasteiger partial charge < -0.3 is 10.1 Å². The van der Waals surface area contributed by atoms with E-state index < -0.39 is 12.7 Å². The van der Waals surface area contributed by atoms with Gasteiger partial charge in [-0.15, -0.1) is 0 Å². The standard InChI is InChI=1S/C7H13F3N2.C5H10O2/c1-6-4-11-2-3-12(6)5-7(8,9)10;1-5(2,3)7-4-6/h6,11H,2-5H2,1H3;4H,1-3H3/t6-;/m0./s1. The van der Waals surface area contributed by atoms with E-state index in [4.69, 9.17) is 0 Å². The topological polar surface area (TPSA) is 41.6 Å². The van der Waals surface area contributed by atoms with Gasteiger partial charge in [0.1, 0.15) is 5.60 Å². The van der Waals surface area contributed by atoms with Crippen molar-refractivity contribution in [3.63, 3.8) is 0 Å². The van der Waals surface area contributed by atoms with Gasteiger partial charge in [-0.2, -0.15) is 13.2 Å². The maximum atomic E-state index is 12.0. The van der Waals surface area contributed by atoms with Crippen molar-refractivity contribution in [1.82, 2.24) is 10.2 Å². The second-order valence-corrected chi connectivity index (χ2v) is 5.47. The zero-order valence-corrected chi connectivity index (χ0v) is 11.9. The highest BCUT2D eigenvalue weighted by Gasteiger charge is 2.33. The molecular weight excluding hydrogens is 261 g/mol. The predicted octanol–water partition coefficient (Wildman–Crippen LogP) is 1.80. The third-order valence-corrected chi connectivity index (χ3v) is 2.42. The zero-order valence-electron chi connectivity index (χ0n) is 11.9. The Morgan fingerprint density at radius 3 is 2.26 bits per heavy atom. The zero-order chi connectivity index (χ0) is 15.1. The Balaban J connectivity index is 0.000000399. The highest BCUT2D eigenvalue weighted by molar-refractivity contribution is 5.37. The molecule has 1 fully saturated rings. The Morgan fingerprint density at radius 2 is 1.95 bits per heavy atom. The number of rotatable bonds is 2. The number of alkyl halides is 3. The molecule has 19 heavy (non-hydrogen) atoms. The first-order valence-electron chi connectivity index (χ1n) is 6.18.